The summed E-state index contributed by atoms with van der Waals surface area (Å²) in [5, 5.41) is 1.08. The molecule has 2 rings (SSSR count). The maximum Gasteiger partial charge on any atom is 0.223 e. The maximum atomic E-state index is 12.4. The zero-order valence-electron chi connectivity index (χ0n) is 13.1. The van der Waals surface area contributed by atoms with Crippen LogP contribution in [0.25, 0.3) is 0 Å². The lowest BCUT2D eigenvalue weighted by molar-refractivity contribution is -0.137. The number of benzene rings is 1. The Kier molecular flexibility index (Phi) is 6.39. The molecule has 0 N–H and O–H groups in total. The standard InChI is InChI=1S/C17H23Cl2NO2/c1-12-5-3-6-13(2)20(12)17(21)7-4-10-22-16-9-8-14(18)11-15(16)19/h8-9,11-13H,3-7,10H2,1-2H3. The number of carbonyl (C=O) groups excluding carboxylic acids is 1. The van der Waals surface area contributed by atoms with Crippen LogP contribution in [0.5, 0.6) is 5.75 Å². The smallest absolute Gasteiger partial charge is 0.223 e. The first-order chi connectivity index (χ1) is 10.5. The normalized spacial score (nSPS) is 21.7. The predicted molar refractivity (Wildman–Crippen MR) is 90.8 cm³/mol. The van der Waals surface area contributed by atoms with Gasteiger partial charge < -0.3 is 9.64 Å². The van der Waals surface area contributed by atoms with E-state index in [1.807, 2.05) is 4.90 Å². The molecule has 1 amide bonds. The summed E-state index contributed by atoms with van der Waals surface area (Å²) in [6, 6.07) is 5.85. The minimum Gasteiger partial charge on any atom is -0.492 e. The van der Waals surface area contributed by atoms with Gasteiger partial charge in [-0.25, -0.2) is 0 Å². The van der Waals surface area contributed by atoms with E-state index in [9.17, 15) is 4.79 Å². The van der Waals surface area contributed by atoms with Gasteiger partial charge in [0.1, 0.15) is 5.75 Å². The van der Waals surface area contributed by atoms with E-state index in [1.165, 1.54) is 6.42 Å². The van der Waals surface area contributed by atoms with Gasteiger partial charge in [0.15, 0.2) is 0 Å². The molecule has 3 nitrogen and oxygen atoms in total. The fraction of sp³-hybridized carbons (Fsp3) is 0.588. The largest absolute Gasteiger partial charge is 0.492 e. The molecule has 0 spiro atoms. The van der Waals surface area contributed by atoms with Gasteiger partial charge in [0.25, 0.3) is 0 Å². The highest BCUT2D eigenvalue weighted by molar-refractivity contribution is 6.35. The first-order valence-electron chi connectivity index (χ1n) is 7.88. The fourth-order valence-electron chi connectivity index (χ4n) is 3.04. The molecule has 1 heterocycles. The van der Waals surface area contributed by atoms with Crippen LogP contribution in [0.2, 0.25) is 10.0 Å². The summed E-state index contributed by atoms with van der Waals surface area (Å²) in [6.07, 6.45) is 4.62. The fourth-order valence-corrected chi connectivity index (χ4v) is 3.50. The first kappa shape index (κ1) is 17.4. The Hall–Kier alpha value is -0.930. The Balaban J connectivity index is 1.77. The van der Waals surface area contributed by atoms with Crippen molar-refractivity contribution < 1.29 is 9.53 Å². The second-order valence-electron chi connectivity index (χ2n) is 5.96. The van der Waals surface area contributed by atoms with Crippen LogP contribution in [-0.4, -0.2) is 29.5 Å². The molecule has 0 bridgehead atoms. The Bertz CT molecular complexity index is 511. The van der Waals surface area contributed by atoms with Gasteiger partial charge in [-0.15, -0.1) is 0 Å². The van der Waals surface area contributed by atoms with Gasteiger partial charge in [0.2, 0.25) is 5.91 Å². The van der Waals surface area contributed by atoms with Gasteiger partial charge in [0, 0.05) is 23.5 Å². The molecular formula is C17H23Cl2NO2. The molecule has 2 unspecified atom stereocenters. The van der Waals surface area contributed by atoms with Crippen LogP contribution in [0.3, 0.4) is 0 Å². The number of likely N-dealkylation sites (tertiary alicyclic amines) is 1. The van der Waals surface area contributed by atoms with E-state index >= 15 is 0 Å². The van der Waals surface area contributed by atoms with Crippen LogP contribution in [-0.2, 0) is 4.79 Å². The molecule has 1 aromatic rings. The SMILES string of the molecule is CC1CCCC(C)N1C(=O)CCCOc1ccc(Cl)cc1Cl. The molecule has 22 heavy (non-hydrogen) atoms. The van der Waals surface area contributed by atoms with Crippen molar-refractivity contribution in [3.8, 4) is 5.75 Å². The molecule has 0 saturated carbocycles. The summed E-state index contributed by atoms with van der Waals surface area (Å²) in [6.45, 7) is 4.75. The van der Waals surface area contributed by atoms with E-state index in [2.05, 4.69) is 13.8 Å². The molecule has 1 saturated heterocycles. The highest BCUT2D eigenvalue weighted by Crippen LogP contribution is 2.28. The Morgan fingerprint density at radius 3 is 2.59 bits per heavy atom. The lowest BCUT2D eigenvalue weighted by atomic mass is 9.97. The van der Waals surface area contributed by atoms with E-state index in [0.29, 0.717) is 47.3 Å². The van der Waals surface area contributed by atoms with E-state index < -0.39 is 0 Å². The minimum atomic E-state index is 0.227. The minimum absolute atomic E-state index is 0.227. The predicted octanol–water partition coefficient (Wildman–Crippen LogP) is 4.94. The van der Waals surface area contributed by atoms with Crippen LogP contribution in [0.1, 0.15) is 46.0 Å². The molecule has 1 aliphatic heterocycles. The number of hydrogen-bond acceptors (Lipinski definition) is 2. The lowest BCUT2D eigenvalue weighted by Crippen LogP contribution is -2.47. The molecule has 1 aromatic carbocycles. The summed E-state index contributed by atoms with van der Waals surface area (Å²) in [4.78, 5) is 14.4. The third-order valence-electron chi connectivity index (χ3n) is 4.17. The molecule has 1 fully saturated rings. The van der Waals surface area contributed by atoms with Gasteiger partial charge in [-0.1, -0.05) is 23.2 Å². The molecule has 0 radical (unpaired) electrons. The summed E-state index contributed by atoms with van der Waals surface area (Å²) < 4.78 is 5.62. The molecule has 5 heteroatoms. The van der Waals surface area contributed by atoms with Gasteiger partial charge >= 0.3 is 0 Å². The molecule has 0 aliphatic carbocycles. The van der Waals surface area contributed by atoms with Crippen molar-refractivity contribution in [2.45, 2.75) is 58.0 Å². The Morgan fingerprint density at radius 1 is 1.27 bits per heavy atom. The summed E-state index contributed by atoms with van der Waals surface area (Å²) >= 11 is 11.9. The maximum absolute atomic E-state index is 12.4. The van der Waals surface area contributed by atoms with Gasteiger partial charge in [-0.2, -0.15) is 0 Å². The molecule has 0 aromatic heterocycles. The van der Waals surface area contributed by atoms with Crippen molar-refractivity contribution in [2.24, 2.45) is 0 Å². The number of carbonyl (C=O) groups is 1. The number of amides is 1. The van der Waals surface area contributed by atoms with Crippen molar-refractivity contribution in [2.75, 3.05) is 6.61 Å². The van der Waals surface area contributed by atoms with Crippen molar-refractivity contribution in [1.82, 2.24) is 4.90 Å². The zero-order chi connectivity index (χ0) is 16.1. The average Bonchev–Trinajstić information content (AvgIpc) is 2.45. The van der Waals surface area contributed by atoms with E-state index in [-0.39, 0.29) is 5.91 Å². The summed E-state index contributed by atoms with van der Waals surface area (Å²) in [5.41, 5.74) is 0. The van der Waals surface area contributed by atoms with Crippen molar-refractivity contribution in [3.05, 3.63) is 28.2 Å². The number of halogens is 2. The van der Waals surface area contributed by atoms with Crippen molar-refractivity contribution in [3.63, 3.8) is 0 Å². The summed E-state index contributed by atoms with van der Waals surface area (Å²) in [5.74, 6) is 0.837. The molecule has 122 valence electrons. The van der Waals surface area contributed by atoms with E-state index in [0.717, 1.165) is 12.8 Å². The van der Waals surface area contributed by atoms with Crippen molar-refractivity contribution in [1.29, 1.82) is 0 Å². The van der Waals surface area contributed by atoms with Gasteiger partial charge in [-0.05, 0) is 57.7 Å². The van der Waals surface area contributed by atoms with Crippen LogP contribution in [0.15, 0.2) is 18.2 Å². The van der Waals surface area contributed by atoms with E-state index in [4.69, 9.17) is 27.9 Å². The highest BCUT2D eigenvalue weighted by Gasteiger charge is 2.28. The molecular weight excluding hydrogens is 321 g/mol. The number of nitrogens with zero attached hydrogens (tertiary/aromatic N) is 1. The monoisotopic (exact) mass is 343 g/mol. The van der Waals surface area contributed by atoms with Gasteiger partial charge in [0.05, 0.1) is 11.6 Å². The average molecular weight is 344 g/mol. The third kappa shape index (κ3) is 4.53. The number of rotatable bonds is 5. The number of ether oxygens (including phenoxy) is 1. The third-order valence-corrected chi connectivity index (χ3v) is 4.70. The Labute approximate surface area is 142 Å². The number of piperidine rings is 1. The van der Waals surface area contributed by atoms with Crippen molar-refractivity contribution >= 4 is 29.1 Å². The second kappa shape index (κ2) is 8.07. The van der Waals surface area contributed by atoms with Gasteiger partial charge in [-0.3, -0.25) is 4.79 Å². The topological polar surface area (TPSA) is 29.5 Å². The van der Waals surface area contributed by atoms with Crippen LogP contribution >= 0.6 is 23.2 Å². The quantitative estimate of drug-likeness (QED) is 0.708. The zero-order valence-corrected chi connectivity index (χ0v) is 14.7. The molecule has 2 atom stereocenters. The van der Waals surface area contributed by atoms with E-state index in [1.54, 1.807) is 18.2 Å². The molecule has 1 aliphatic rings. The van der Waals surface area contributed by atoms with Crippen LogP contribution < -0.4 is 4.74 Å². The summed E-state index contributed by atoms with van der Waals surface area (Å²) in [7, 11) is 0. The lowest BCUT2D eigenvalue weighted by Gasteiger charge is -2.39. The Morgan fingerprint density at radius 2 is 1.95 bits per heavy atom. The number of hydrogen-bond donors (Lipinski definition) is 0. The van der Waals surface area contributed by atoms with Crippen LogP contribution in [0, 0.1) is 0 Å². The second-order valence-corrected chi connectivity index (χ2v) is 6.80. The highest BCUT2D eigenvalue weighted by atomic mass is 35.5. The van der Waals surface area contributed by atoms with Crippen LogP contribution in [0.4, 0.5) is 0 Å². The first-order valence-corrected chi connectivity index (χ1v) is 8.63.